The Morgan fingerprint density at radius 2 is 2.11 bits per heavy atom. The van der Waals surface area contributed by atoms with E-state index >= 15 is 0 Å². The molecule has 6 rings (SSSR count). The highest BCUT2D eigenvalue weighted by Gasteiger charge is 2.31. The van der Waals surface area contributed by atoms with E-state index in [1.165, 1.54) is 35.2 Å². The second-order valence-corrected chi connectivity index (χ2v) is 10.6. The molecular formula is C23H25N9O2S. The fourth-order valence-electron chi connectivity index (χ4n) is 4.84. The van der Waals surface area contributed by atoms with Crippen molar-refractivity contribution in [1.82, 2.24) is 44.8 Å². The highest BCUT2D eigenvalue weighted by molar-refractivity contribution is 7.21. The fourth-order valence-corrected chi connectivity index (χ4v) is 5.87. The van der Waals surface area contributed by atoms with Crippen molar-refractivity contribution < 1.29 is 4.79 Å². The van der Waals surface area contributed by atoms with Crippen molar-refractivity contribution in [3.63, 3.8) is 0 Å². The van der Waals surface area contributed by atoms with Crippen LogP contribution in [0.5, 0.6) is 0 Å². The smallest absolute Gasteiger partial charge is 0.261 e. The van der Waals surface area contributed by atoms with Gasteiger partial charge in [0.1, 0.15) is 26.9 Å². The zero-order valence-corrected chi connectivity index (χ0v) is 20.5. The Morgan fingerprint density at radius 1 is 1.26 bits per heavy atom. The number of pyridine rings is 2. The topological polar surface area (TPSA) is 126 Å². The van der Waals surface area contributed by atoms with Crippen molar-refractivity contribution in [3.8, 4) is 10.6 Å². The van der Waals surface area contributed by atoms with Gasteiger partial charge in [0.05, 0.1) is 22.2 Å². The first-order chi connectivity index (χ1) is 16.8. The molecule has 0 spiro atoms. The number of hydrogen-bond acceptors (Lipinski definition) is 8. The second-order valence-electron chi connectivity index (χ2n) is 9.52. The predicted octanol–water partition coefficient (Wildman–Crippen LogP) is 2.19. The predicted molar refractivity (Wildman–Crippen MR) is 134 cm³/mol. The molecule has 0 saturated carbocycles. The number of thiazole rings is 1. The Labute approximate surface area is 203 Å². The molecule has 2 N–H and O–H groups in total. The summed E-state index contributed by atoms with van der Waals surface area (Å²) in [6.07, 6.45) is 7.40. The molecular weight excluding hydrogens is 466 g/mol. The van der Waals surface area contributed by atoms with Gasteiger partial charge in [-0.1, -0.05) is 0 Å². The SMILES string of the molecule is Cn1ncc(-c2cn3nc4c5ncc(C(=O)NCCN6CCCC6(C)C)cc5[nH]c(=O)c4c3s2)n1. The highest BCUT2D eigenvalue weighted by Crippen LogP contribution is 2.32. The molecule has 1 saturated heterocycles. The van der Waals surface area contributed by atoms with Crippen molar-refractivity contribution in [2.75, 3.05) is 19.6 Å². The number of hydrogen-bond donors (Lipinski definition) is 2. The van der Waals surface area contributed by atoms with Crippen LogP contribution in [0.2, 0.25) is 0 Å². The molecule has 1 aliphatic rings. The zero-order valence-electron chi connectivity index (χ0n) is 19.7. The van der Waals surface area contributed by atoms with Crippen LogP contribution >= 0.6 is 11.3 Å². The number of aromatic nitrogens is 7. The maximum atomic E-state index is 13.0. The number of carbonyl (C=O) groups excluding carboxylic acids is 1. The first-order valence-electron chi connectivity index (χ1n) is 11.5. The lowest BCUT2D eigenvalue weighted by Gasteiger charge is -2.31. The molecule has 1 amide bonds. The second kappa shape index (κ2) is 7.95. The normalized spacial score (nSPS) is 16.1. The maximum absolute atomic E-state index is 13.0. The van der Waals surface area contributed by atoms with Crippen LogP contribution in [0.4, 0.5) is 0 Å². The van der Waals surface area contributed by atoms with Gasteiger partial charge in [0.2, 0.25) is 0 Å². The first-order valence-corrected chi connectivity index (χ1v) is 12.4. The average Bonchev–Trinajstić information content (AvgIpc) is 3.57. The van der Waals surface area contributed by atoms with Gasteiger partial charge in [-0.2, -0.15) is 20.1 Å². The third-order valence-corrected chi connectivity index (χ3v) is 7.87. The van der Waals surface area contributed by atoms with Gasteiger partial charge in [-0.15, -0.1) is 11.3 Å². The number of amides is 1. The zero-order chi connectivity index (χ0) is 24.3. The molecule has 0 unspecified atom stereocenters. The van der Waals surface area contributed by atoms with E-state index in [0.29, 0.717) is 38.9 Å². The number of fused-ring (bicyclic) bond motifs is 5. The molecule has 12 heteroatoms. The van der Waals surface area contributed by atoms with Crippen molar-refractivity contribution in [2.45, 2.75) is 32.2 Å². The summed E-state index contributed by atoms with van der Waals surface area (Å²) in [5.74, 6) is -0.211. The van der Waals surface area contributed by atoms with Crippen LogP contribution in [-0.4, -0.2) is 70.6 Å². The van der Waals surface area contributed by atoms with E-state index in [0.717, 1.165) is 23.7 Å². The lowest BCUT2D eigenvalue weighted by atomic mass is 10.0. The summed E-state index contributed by atoms with van der Waals surface area (Å²) < 4.78 is 1.68. The summed E-state index contributed by atoms with van der Waals surface area (Å²) in [7, 11) is 1.75. The minimum atomic E-state index is -0.273. The Morgan fingerprint density at radius 3 is 2.86 bits per heavy atom. The average molecular weight is 492 g/mol. The number of aromatic amines is 1. The van der Waals surface area contributed by atoms with Gasteiger partial charge >= 0.3 is 0 Å². The number of H-pyrrole nitrogens is 1. The molecule has 5 aromatic heterocycles. The van der Waals surface area contributed by atoms with Gasteiger partial charge in [-0.3, -0.25) is 19.5 Å². The Kier molecular flexibility index (Phi) is 4.97. The molecule has 6 heterocycles. The summed E-state index contributed by atoms with van der Waals surface area (Å²) in [6, 6.07) is 1.66. The molecule has 0 aromatic carbocycles. The van der Waals surface area contributed by atoms with Gasteiger partial charge in [0, 0.05) is 38.1 Å². The molecule has 0 atom stereocenters. The van der Waals surface area contributed by atoms with Gasteiger partial charge in [-0.05, 0) is 39.3 Å². The summed E-state index contributed by atoms with van der Waals surface area (Å²) in [5, 5.41) is 16.5. The van der Waals surface area contributed by atoms with E-state index in [4.69, 9.17) is 0 Å². The third-order valence-electron chi connectivity index (χ3n) is 6.75. The lowest BCUT2D eigenvalue weighted by Crippen LogP contribution is -2.43. The van der Waals surface area contributed by atoms with E-state index in [1.807, 2.05) is 6.20 Å². The standard InChI is InChI=1S/C23H25N9O2S/c1-23(2)5-4-7-31(23)8-6-24-20(33)13-9-14-18(25-10-13)19-17(21(34)27-14)22-32(29-19)12-16(35-22)15-11-26-30(3)28-15/h9-12H,4-8H2,1-3H3,(H,24,33)(H,27,34). The Hall–Kier alpha value is -3.64. The molecule has 0 radical (unpaired) electrons. The molecule has 5 aromatic rings. The molecule has 1 aliphatic heterocycles. The number of nitrogens with zero attached hydrogens (tertiary/aromatic N) is 7. The molecule has 11 nitrogen and oxygen atoms in total. The molecule has 35 heavy (non-hydrogen) atoms. The molecule has 1 fully saturated rings. The number of aryl methyl sites for hydroxylation is 1. The number of rotatable bonds is 5. The number of carbonyl (C=O) groups is 1. The van der Waals surface area contributed by atoms with Crippen molar-refractivity contribution in [1.29, 1.82) is 0 Å². The largest absolute Gasteiger partial charge is 0.351 e. The fraction of sp³-hybridized carbons (Fsp3) is 0.391. The van der Waals surface area contributed by atoms with Crippen LogP contribution < -0.4 is 10.9 Å². The minimum Gasteiger partial charge on any atom is -0.351 e. The van der Waals surface area contributed by atoms with Crippen LogP contribution in [0, 0.1) is 0 Å². The monoisotopic (exact) mass is 491 g/mol. The lowest BCUT2D eigenvalue weighted by molar-refractivity contribution is 0.0940. The first kappa shape index (κ1) is 21.9. The van der Waals surface area contributed by atoms with Crippen LogP contribution in [0.3, 0.4) is 0 Å². The van der Waals surface area contributed by atoms with Crippen molar-refractivity contribution in [3.05, 3.63) is 40.6 Å². The van der Waals surface area contributed by atoms with Gasteiger partial charge in [-0.25, -0.2) is 4.52 Å². The van der Waals surface area contributed by atoms with Crippen LogP contribution in [-0.2, 0) is 7.05 Å². The van der Waals surface area contributed by atoms with Crippen molar-refractivity contribution in [2.24, 2.45) is 7.05 Å². The summed E-state index contributed by atoms with van der Waals surface area (Å²) in [4.78, 5) is 38.6. The van der Waals surface area contributed by atoms with E-state index in [-0.39, 0.29) is 17.0 Å². The molecule has 0 aliphatic carbocycles. The highest BCUT2D eigenvalue weighted by atomic mass is 32.1. The molecule has 180 valence electrons. The number of likely N-dealkylation sites (tertiary alicyclic amines) is 1. The summed E-state index contributed by atoms with van der Waals surface area (Å²) in [5.41, 5.74) is 2.56. The Balaban J connectivity index is 1.28. The van der Waals surface area contributed by atoms with Crippen LogP contribution in [0.1, 0.15) is 37.0 Å². The van der Waals surface area contributed by atoms with Gasteiger partial charge < -0.3 is 10.3 Å². The number of nitrogens with one attached hydrogen (secondary N) is 2. The third kappa shape index (κ3) is 3.69. The quantitative estimate of drug-likeness (QED) is 0.386. The molecule has 0 bridgehead atoms. The van der Waals surface area contributed by atoms with E-state index in [1.54, 1.807) is 23.8 Å². The van der Waals surface area contributed by atoms with Gasteiger partial charge in [0.15, 0.2) is 0 Å². The van der Waals surface area contributed by atoms with Gasteiger partial charge in [0.25, 0.3) is 11.5 Å². The minimum absolute atomic E-state index is 0.174. The van der Waals surface area contributed by atoms with Crippen LogP contribution in [0.15, 0.2) is 29.5 Å². The van der Waals surface area contributed by atoms with E-state index in [2.05, 4.69) is 49.3 Å². The summed E-state index contributed by atoms with van der Waals surface area (Å²) in [6.45, 7) is 6.89. The summed E-state index contributed by atoms with van der Waals surface area (Å²) >= 11 is 1.42. The Bertz CT molecular complexity index is 1660. The van der Waals surface area contributed by atoms with E-state index < -0.39 is 0 Å². The van der Waals surface area contributed by atoms with E-state index in [9.17, 15) is 9.59 Å². The maximum Gasteiger partial charge on any atom is 0.261 e. The van der Waals surface area contributed by atoms with Crippen molar-refractivity contribution >= 4 is 44.0 Å². The van der Waals surface area contributed by atoms with Crippen LogP contribution in [0.25, 0.3) is 37.3 Å².